The number of nitrogens with one attached hydrogen (secondary N) is 3. The fourth-order valence-electron chi connectivity index (χ4n) is 5.47. The van der Waals surface area contributed by atoms with Gasteiger partial charge in [-0.1, -0.05) is 0 Å². The van der Waals surface area contributed by atoms with E-state index in [2.05, 4.69) is 21.2 Å². The van der Waals surface area contributed by atoms with Gasteiger partial charge in [-0.2, -0.15) is 13.2 Å². The van der Waals surface area contributed by atoms with Gasteiger partial charge in [-0.25, -0.2) is 14.8 Å². The molecule has 3 saturated heterocycles. The maximum atomic E-state index is 13.6. The molecule has 29 heavy (non-hydrogen) atoms. The van der Waals surface area contributed by atoms with Gasteiger partial charge in [0.25, 0.3) is 5.91 Å². The molecule has 0 spiro atoms. The van der Waals surface area contributed by atoms with Crippen molar-refractivity contribution in [3.8, 4) is 0 Å². The summed E-state index contributed by atoms with van der Waals surface area (Å²) < 4.78 is 53.9. The monoisotopic (exact) mass is 441 g/mol. The van der Waals surface area contributed by atoms with Crippen LogP contribution in [-0.2, 0) is 4.79 Å². The maximum Gasteiger partial charge on any atom is 0.392 e. The molecule has 0 bridgehead atoms. The maximum absolute atomic E-state index is 13.6. The molecule has 0 radical (unpaired) electrons. The van der Waals surface area contributed by atoms with E-state index in [-0.39, 0.29) is 36.8 Å². The summed E-state index contributed by atoms with van der Waals surface area (Å²) in [6, 6.07) is 0.0530. The number of carbonyl (C=O) groups is 1. The molecule has 1 aliphatic carbocycles. The van der Waals surface area contributed by atoms with Crippen molar-refractivity contribution < 1.29 is 22.4 Å². The van der Waals surface area contributed by atoms with Crippen LogP contribution in [0.1, 0.15) is 25.7 Å². The van der Waals surface area contributed by atoms with Crippen molar-refractivity contribution in [3.05, 3.63) is 0 Å². The van der Waals surface area contributed by atoms with Crippen LogP contribution < -0.4 is 16.3 Å². The Morgan fingerprint density at radius 3 is 2.69 bits per heavy atom. The molecule has 4 aliphatic rings. The van der Waals surface area contributed by atoms with E-state index in [1.54, 1.807) is 0 Å². The van der Waals surface area contributed by atoms with Crippen molar-refractivity contribution in [1.82, 2.24) is 26.2 Å². The second kappa shape index (κ2) is 8.45. The zero-order chi connectivity index (χ0) is 20.8. The number of hydrazine groups is 2. The summed E-state index contributed by atoms with van der Waals surface area (Å²) in [7, 11) is 0. The number of nitrogens with zero attached hydrogens (tertiary/aromatic N) is 2. The molecule has 3 heterocycles. The van der Waals surface area contributed by atoms with Gasteiger partial charge in [-0.3, -0.25) is 20.5 Å². The third kappa shape index (κ3) is 4.51. The average molecular weight is 442 g/mol. The fourth-order valence-corrected chi connectivity index (χ4v) is 5.77. The molecular formula is C18H28ClF4N5O. The molecule has 0 aromatic carbocycles. The second-order valence-electron chi connectivity index (χ2n) is 8.78. The van der Waals surface area contributed by atoms with E-state index in [4.69, 9.17) is 11.6 Å². The SMILES string of the molecule is O=C1NNCC(N2CCC3C(CNN3CC3CCC(F)CC3C(F)(F)F)C2)C1Cl. The molecule has 0 aromatic rings. The minimum absolute atomic E-state index is 0.102. The quantitative estimate of drug-likeness (QED) is 0.457. The van der Waals surface area contributed by atoms with Crippen LogP contribution in [0.3, 0.4) is 0 Å². The highest BCUT2D eigenvalue weighted by Gasteiger charge is 2.50. The molecule has 3 aliphatic heterocycles. The lowest BCUT2D eigenvalue weighted by Crippen LogP contribution is -2.64. The molecule has 1 amide bonds. The summed E-state index contributed by atoms with van der Waals surface area (Å²) in [6.45, 7) is 3.03. The number of likely N-dealkylation sites (tertiary alicyclic amines) is 1. The van der Waals surface area contributed by atoms with E-state index in [0.717, 1.165) is 19.5 Å². The number of halogens is 5. The molecule has 11 heteroatoms. The van der Waals surface area contributed by atoms with Gasteiger partial charge in [0.15, 0.2) is 0 Å². The van der Waals surface area contributed by atoms with Gasteiger partial charge in [0.05, 0.1) is 5.92 Å². The summed E-state index contributed by atoms with van der Waals surface area (Å²) in [4.78, 5) is 14.0. The number of carbonyl (C=O) groups excluding carboxylic acids is 1. The first-order valence-corrected chi connectivity index (χ1v) is 10.8. The van der Waals surface area contributed by atoms with E-state index in [1.807, 2.05) is 5.01 Å². The van der Waals surface area contributed by atoms with E-state index >= 15 is 0 Å². The Morgan fingerprint density at radius 2 is 1.93 bits per heavy atom. The first-order valence-electron chi connectivity index (χ1n) is 10.4. The predicted octanol–water partition coefficient (Wildman–Crippen LogP) is 1.42. The highest BCUT2D eigenvalue weighted by atomic mass is 35.5. The van der Waals surface area contributed by atoms with E-state index in [0.29, 0.717) is 19.6 Å². The van der Waals surface area contributed by atoms with Crippen molar-refractivity contribution in [1.29, 1.82) is 0 Å². The van der Waals surface area contributed by atoms with Crippen LogP contribution in [0.2, 0.25) is 0 Å². The van der Waals surface area contributed by atoms with Crippen LogP contribution >= 0.6 is 11.6 Å². The lowest BCUT2D eigenvalue weighted by molar-refractivity contribution is -0.204. The standard InChI is InChI=1S/C18H28ClF4N5O/c19-16-15(7-24-26-17(16)29)27-4-3-14-11(8-27)6-25-28(14)9-10-1-2-12(20)5-13(10)18(21,22)23/h10-16,24-25H,1-9H2,(H,26,29). The van der Waals surface area contributed by atoms with Gasteiger partial charge in [-0.15, -0.1) is 11.6 Å². The summed E-state index contributed by atoms with van der Waals surface area (Å²) in [5.74, 6) is -2.13. The largest absolute Gasteiger partial charge is 0.392 e. The van der Waals surface area contributed by atoms with Crippen molar-refractivity contribution in [2.75, 3.05) is 32.7 Å². The van der Waals surface area contributed by atoms with Crippen molar-refractivity contribution in [3.63, 3.8) is 0 Å². The Morgan fingerprint density at radius 1 is 1.14 bits per heavy atom. The van der Waals surface area contributed by atoms with Gasteiger partial charge in [0.2, 0.25) is 0 Å². The third-order valence-electron chi connectivity index (χ3n) is 7.04. The molecule has 166 valence electrons. The summed E-state index contributed by atoms with van der Waals surface area (Å²) in [5.41, 5.74) is 8.69. The number of fused-ring (bicyclic) bond motifs is 1. The molecule has 1 saturated carbocycles. The summed E-state index contributed by atoms with van der Waals surface area (Å²) >= 11 is 6.28. The average Bonchev–Trinajstić information content (AvgIpc) is 3.06. The smallest absolute Gasteiger partial charge is 0.297 e. The fraction of sp³-hybridized carbons (Fsp3) is 0.944. The molecular weight excluding hydrogens is 414 g/mol. The second-order valence-corrected chi connectivity index (χ2v) is 9.25. The molecule has 4 fully saturated rings. The zero-order valence-electron chi connectivity index (χ0n) is 16.1. The van der Waals surface area contributed by atoms with Crippen molar-refractivity contribution in [2.24, 2.45) is 17.8 Å². The lowest BCUT2D eigenvalue weighted by Gasteiger charge is -2.44. The van der Waals surface area contributed by atoms with E-state index in [1.165, 1.54) is 0 Å². The number of rotatable bonds is 3. The van der Waals surface area contributed by atoms with Crippen LogP contribution in [0.4, 0.5) is 17.6 Å². The number of hydrogen-bond donors (Lipinski definition) is 3. The molecule has 7 unspecified atom stereocenters. The van der Waals surface area contributed by atoms with Crippen LogP contribution in [0.25, 0.3) is 0 Å². The highest BCUT2D eigenvalue weighted by molar-refractivity contribution is 6.31. The minimum atomic E-state index is -4.36. The number of hydrogen-bond acceptors (Lipinski definition) is 5. The Hall–Kier alpha value is -0.680. The molecule has 4 rings (SSSR count). The Bertz CT molecular complexity index is 611. The van der Waals surface area contributed by atoms with Crippen molar-refractivity contribution in [2.45, 2.75) is 55.5 Å². The Labute approximate surface area is 172 Å². The minimum Gasteiger partial charge on any atom is -0.297 e. The predicted molar refractivity (Wildman–Crippen MR) is 99.5 cm³/mol. The van der Waals surface area contributed by atoms with Gasteiger partial charge in [0, 0.05) is 50.7 Å². The van der Waals surface area contributed by atoms with Gasteiger partial charge < -0.3 is 0 Å². The van der Waals surface area contributed by atoms with Crippen LogP contribution in [0.15, 0.2) is 0 Å². The molecule has 3 N–H and O–H groups in total. The number of piperidine rings is 1. The van der Waals surface area contributed by atoms with E-state index < -0.39 is 36.0 Å². The van der Waals surface area contributed by atoms with Gasteiger partial charge in [-0.05, 0) is 31.6 Å². The highest BCUT2D eigenvalue weighted by Crippen LogP contribution is 2.43. The first-order chi connectivity index (χ1) is 13.7. The Kier molecular flexibility index (Phi) is 6.28. The topological polar surface area (TPSA) is 59.6 Å². The Balaban J connectivity index is 1.36. The van der Waals surface area contributed by atoms with Gasteiger partial charge >= 0.3 is 6.18 Å². The number of amides is 1. The molecule has 0 aromatic heterocycles. The van der Waals surface area contributed by atoms with Crippen LogP contribution in [-0.4, -0.2) is 78.3 Å². The normalized spacial score (nSPS) is 42.5. The number of alkyl halides is 5. The zero-order valence-corrected chi connectivity index (χ0v) is 16.9. The molecule has 7 atom stereocenters. The van der Waals surface area contributed by atoms with Crippen LogP contribution in [0.5, 0.6) is 0 Å². The van der Waals surface area contributed by atoms with E-state index in [9.17, 15) is 22.4 Å². The summed E-state index contributed by atoms with van der Waals surface area (Å²) in [5, 5.41) is 1.34. The lowest BCUT2D eigenvalue weighted by atomic mass is 9.77. The van der Waals surface area contributed by atoms with Crippen LogP contribution in [0, 0.1) is 17.8 Å². The third-order valence-corrected chi connectivity index (χ3v) is 7.53. The van der Waals surface area contributed by atoms with Gasteiger partial charge in [0.1, 0.15) is 11.5 Å². The van der Waals surface area contributed by atoms with Crippen molar-refractivity contribution >= 4 is 17.5 Å². The summed E-state index contributed by atoms with van der Waals surface area (Å²) in [6.07, 6.45) is -4.86. The first kappa shape index (κ1) is 21.5. The molecule has 6 nitrogen and oxygen atoms in total.